The van der Waals surface area contributed by atoms with Gasteiger partial charge in [-0.05, 0) is 24.6 Å². The number of methoxy groups -OCH3 is 1. The highest BCUT2D eigenvalue weighted by molar-refractivity contribution is 5.92. The second-order valence-electron chi connectivity index (χ2n) is 4.29. The van der Waals surface area contributed by atoms with E-state index in [2.05, 4.69) is 9.47 Å². The third-order valence-electron chi connectivity index (χ3n) is 2.81. The first-order chi connectivity index (χ1) is 9.90. The zero-order chi connectivity index (χ0) is 16.0. The van der Waals surface area contributed by atoms with Crippen molar-refractivity contribution < 1.29 is 34.4 Å². The lowest BCUT2D eigenvalue weighted by Gasteiger charge is -2.18. The maximum atomic E-state index is 11.3. The molecule has 0 spiro atoms. The molecule has 1 aromatic carbocycles. The lowest BCUT2D eigenvalue weighted by molar-refractivity contribution is -0.147. The zero-order valence-corrected chi connectivity index (χ0v) is 11.8. The molecule has 0 radical (unpaired) electrons. The molecule has 21 heavy (non-hydrogen) atoms. The van der Waals surface area contributed by atoms with Gasteiger partial charge in [-0.1, -0.05) is 6.07 Å². The standard InChI is InChI=1S/C14H18O7/c1-3-21-12(17)7-11(16)13(18)8-4-5-9(10(15)6-8)14(19)20-2/h4-6,11,13,15-16,18H,3,7H2,1-2H3. The van der Waals surface area contributed by atoms with Gasteiger partial charge in [-0.2, -0.15) is 0 Å². The Bertz CT molecular complexity index is 512. The van der Waals surface area contributed by atoms with Gasteiger partial charge in [0.2, 0.25) is 0 Å². The molecule has 0 bridgehead atoms. The molecule has 0 heterocycles. The summed E-state index contributed by atoms with van der Waals surface area (Å²) in [7, 11) is 1.17. The molecule has 1 rings (SSSR count). The number of esters is 2. The summed E-state index contributed by atoms with van der Waals surface area (Å²) in [6.07, 6.45) is -3.16. The molecule has 0 aliphatic carbocycles. The third-order valence-corrected chi connectivity index (χ3v) is 2.81. The summed E-state index contributed by atoms with van der Waals surface area (Å²) in [5, 5.41) is 29.4. The van der Waals surface area contributed by atoms with E-state index in [0.29, 0.717) is 0 Å². The molecule has 3 N–H and O–H groups in total. The van der Waals surface area contributed by atoms with Crippen LogP contribution < -0.4 is 0 Å². The molecule has 7 heteroatoms. The number of benzene rings is 1. The van der Waals surface area contributed by atoms with Crippen molar-refractivity contribution in [2.45, 2.75) is 25.6 Å². The molecule has 1 aromatic rings. The Morgan fingerprint density at radius 2 is 1.95 bits per heavy atom. The summed E-state index contributed by atoms with van der Waals surface area (Å²) in [6, 6.07) is 3.74. The smallest absolute Gasteiger partial charge is 0.341 e. The molecule has 0 aliphatic rings. The second-order valence-corrected chi connectivity index (χ2v) is 4.29. The van der Waals surface area contributed by atoms with Crippen molar-refractivity contribution in [2.24, 2.45) is 0 Å². The van der Waals surface area contributed by atoms with Crippen molar-refractivity contribution in [1.82, 2.24) is 0 Å². The molecular formula is C14H18O7. The van der Waals surface area contributed by atoms with Gasteiger partial charge in [0.05, 0.1) is 26.2 Å². The van der Waals surface area contributed by atoms with E-state index in [0.717, 1.165) is 6.07 Å². The number of hydrogen-bond donors (Lipinski definition) is 3. The van der Waals surface area contributed by atoms with E-state index in [9.17, 15) is 24.9 Å². The number of carbonyl (C=O) groups is 2. The highest BCUT2D eigenvalue weighted by Crippen LogP contribution is 2.26. The number of hydrogen-bond acceptors (Lipinski definition) is 7. The number of aliphatic hydroxyl groups is 2. The van der Waals surface area contributed by atoms with Crippen LogP contribution >= 0.6 is 0 Å². The topological polar surface area (TPSA) is 113 Å². The minimum Gasteiger partial charge on any atom is -0.507 e. The van der Waals surface area contributed by atoms with Crippen molar-refractivity contribution >= 4 is 11.9 Å². The average molecular weight is 298 g/mol. The molecule has 0 saturated heterocycles. The van der Waals surface area contributed by atoms with Crippen LogP contribution in [0.5, 0.6) is 5.75 Å². The molecule has 0 aliphatic heterocycles. The van der Waals surface area contributed by atoms with Crippen LogP contribution in [-0.4, -0.2) is 47.1 Å². The molecule has 0 fully saturated rings. The molecule has 0 saturated carbocycles. The minimum absolute atomic E-state index is 0.0617. The first kappa shape index (κ1) is 16.9. The fourth-order valence-corrected chi connectivity index (χ4v) is 1.74. The summed E-state index contributed by atoms with van der Waals surface area (Å²) < 4.78 is 9.14. The first-order valence-corrected chi connectivity index (χ1v) is 6.33. The van der Waals surface area contributed by atoms with Gasteiger partial charge in [-0.25, -0.2) is 4.79 Å². The number of aromatic hydroxyl groups is 1. The van der Waals surface area contributed by atoms with Crippen LogP contribution in [0.3, 0.4) is 0 Å². The fraction of sp³-hybridized carbons (Fsp3) is 0.429. The summed E-state index contributed by atoms with van der Waals surface area (Å²) in [5.41, 5.74) is 0.102. The van der Waals surface area contributed by atoms with Gasteiger partial charge in [-0.15, -0.1) is 0 Å². The number of carbonyl (C=O) groups excluding carboxylic acids is 2. The van der Waals surface area contributed by atoms with Crippen LogP contribution in [-0.2, 0) is 14.3 Å². The summed E-state index contributed by atoms with van der Waals surface area (Å²) in [4.78, 5) is 22.5. The van der Waals surface area contributed by atoms with E-state index in [-0.39, 0.29) is 29.9 Å². The summed E-state index contributed by atoms with van der Waals surface area (Å²) in [5.74, 6) is -1.75. The average Bonchev–Trinajstić information content (AvgIpc) is 2.45. The molecule has 2 atom stereocenters. The largest absolute Gasteiger partial charge is 0.507 e. The Kier molecular flexibility index (Phi) is 6.13. The van der Waals surface area contributed by atoms with E-state index < -0.39 is 24.1 Å². The number of phenolic OH excluding ortho intramolecular Hbond substituents is 1. The third kappa shape index (κ3) is 4.44. The van der Waals surface area contributed by atoms with Crippen molar-refractivity contribution in [2.75, 3.05) is 13.7 Å². The van der Waals surface area contributed by atoms with Crippen LogP contribution in [0.15, 0.2) is 18.2 Å². The van der Waals surface area contributed by atoms with Crippen LogP contribution in [0.4, 0.5) is 0 Å². The van der Waals surface area contributed by atoms with Gasteiger partial charge in [0.25, 0.3) is 0 Å². The van der Waals surface area contributed by atoms with Crippen LogP contribution in [0.25, 0.3) is 0 Å². The van der Waals surface area contributed by atoms with E-state index in [4.69, 9.17) is 0 Å². The Morgan fingerprint density at radius 1 is 1.29 bits per heavy atom. The Labute approximate surface area is 121 Å². The number of aliphatic hydroxyl groups excluding tert-OH is 2. The van der Waals surface area contributed by atoms with Gasteiger partial charge in [0.1, 0.15) is 17.4 Å². The molecule has 7 nitrogen and oxygen atoms in total. The van der Waals surface area contributed by atoms with Gasteiger partial charge in [-0.3, -0.25) is 4.79 Å². The van der Waals surface area contributed by atoms with Gasteiger partial charge in [0.15, 0.2) is 0 Å². The Morgan fingerprint density at radius 3 is 2.48 bits per heavy atom. The lowest BCUT2D eigenvalue weighted by Crippen LogP contribution is -2.23. The fourth-order valence-electron chi connectivity index (χ4n) is 1.74. The molecular weight excluding hydrogens is 280 g/mol. The highest BCUT2D eigenvalue weighted by atomic mass is 16.5. The predicted octanol–water partition coefficient (Wildman–Crippen LogP) is 0.526. The van der Waals surface area contributed by atoms with E-state index in [1.165, 1.54) is 19.2 Å². The van der Waals surface area contributed by atoms with E-state index in [1.807, 2.05) is 0 Å². The maximum Gasteiger partial charge on any atom is 0.341 e. The normalized spacial score (nSPS) is 13.3. The Hall–Kier alpha value is -2.12. The van der Waals surface area contributed by atoms with Gasteiger partial charge >= 0.3 is 11.9 Å². The van der Waals surface area contributed by atoms with Crippen molar-refractivity contribution in [1.29, 1.82) is 0 Å². The summed E-state index contributed by atoms with van der Waals surface area (Å²) >= 11 is 0. The van der Waals surface area contributed by atoms with Crippen LogP contribution in [0.2, 0.25) is 0 Å². The Balaban J connectivity index is 2.83. The van der Waals surface area contributed by atoms with Crippen molar-refractivity contribution in [3.63, 3.8) is 0 Å². The SMILES string of the molecule is CCOC(=O)CC(O)C(O)c1ccc(C(=O)OC)c(O)c1. The first-order valence-electron chi connectivity index (χ1n) is 6.33. The molecule has 2 unspecified atom stereocenters. The molecule has 116 valence electrons. The molecule has 0 amide bonds. The summed E-state index contributed by atoms with van der Waals surface area (Å²) in [6.45, 7) is 1.81. The van der Waals surface area contributed by atoms with E-state index >= 15 is 0 Å². The van der Waals surface area contributed by atoms with Gasteiger partial charge in [0, 0.05) is 0 Å². The van der Waals surface area contributed by atoms with Gasteiger partial charge < -0.3 is 24.8 Å². The maximum absolute atomic E-state index is 11.3. The van der Waals surface area contributed by atoms with E-state index in [1.54, 1.807) is 6.92 Å². The minimum atomic E-state index is -1.40. The lowest BCUT2D eigenvalue weighted by atomic mass is 10.00. The quantitative estimate of drug-likeness (QED) is 0.656. The van der Waals surface area contributed by atoms with Crippen molar-refractivity contribution in [3.8, 4) is 5.75 Å². The second kappa shape index (κ2) is 7.61. The predicted molar refractivity (Wildman–Crippen MR) is 71.7 cm³/mol. The zero-order valence-electron chi connectivity index (χ0n) is 11.8. The number of phenols is 1. The molecule has 0 aromatic heterocycles. The van der Waals surface area contributed by atoms with Crippen LogP contribution in [0.1, 0.15) is 35.4 Å². The monoisotopic (exact) mass is 298 g/mol. The number of rotatable bonds is 6. The van der Waals surface area contributed by atoms with Crippen LogP contribution in [0, 0.1) is 0 Å². The number of ether oxygens (including phenoxy) is 2. The van der Waals surface area contributed by atoms with Crippen molar-refractivity contribution in [3.05, 3.63) is 29.3 Å². The highest BCUT2D eigenvalue weighted by Gasteiger charge is 2.23.